The number of rotatable bonds is 13. The Morgan fingerprint density at radius 2 is 1.65 bits per heavy atom. The zero-order valence-corrected chi connectivity index (χ0v) is 20.3. The molecule has 0 spiro atoms. The fourth-order valence-electron chi connectivity index (χ4n) is 3.42. The van der Waals surface area contributed by atoms with Gasteiger partial charge < -0.3 is 9.05 Å². The zero-order valence-electron chi connectivity index (χ0n) is 19.4. The Morgan fingerprint density at radius 1 is 0.968 bits per heavy atom. The highest BCUT2D eigenvalue weighted by molar-refractivity contribution is 7.44. The standard InChI is InChI=1S/C24H35N4O2P/c1-19(2)28(20(3)4)31(30-16-12-25)29-15-8-6-7-9-22-11-14-27-24(18-22)23-17-21(5)10-13-26-23/h10-11,13-14,17-20H,6-9,15-16H2,1-5H3. The minimum absolute atomic E-state index is 0.0574. The fraction of sp³-hybridized carbons (Fsp3) is 0.542. The highest BCUT2D eigenvalue weighted by Gasteiger charge is 2.26. The second kappa shape index (κ2) is 13.5. The van der Waals surface area contributed by atoms with E-state index in [-0.39, 0.29) is 6.61 Å². The number of hydrogen-bond donors (Lipinski definition) is 0. The average molecular weight is 443 g/mol. The number of nitrogens with zero attached hydrogens (tertiary/aromatic N) is 4. The minimum atomic E-state index is -1.21. The van der Waals surface area contributed by atoms with Gasteiger partial charge in [0.15, 0.2) is 0 Å². The highest BCUT2D eigenvalue weighted by Crippen LogP contribution is 2.45. The molecule has 0 aliphatic carbocycles. The SMILES string of the molecule is Cc1ccnc(-c2cc(CCCCCOP(OCC#N)N(C(C)C)C(C)C)ccn2)c1. The first-order valence-corrected chi connectivity index (χ1v) is 12.1. The van der Waals surface area contributed by atoms with Gasteiger partial charge in [-0.3, -0.25) is 9.97 Å². The molecule has 6 nitrogen and oxygen atoms in total. The molecule has 0 bridgehead atoms. The van der Waals surface area contributed by atoms with Gasteiger partial charge in [-0.15, -0.1) is 0 Å². The smallest absolute Gasteiger partial charge is 0.260 e. The van der Waals surface area contributed by atoms with Gasteiger partial charge in [0.25, 0.3) is 8.53 Å². The molecule has 0 radical (unpaired) electrons. The molecule has 7 heteroatoms. The molecule has 0 aliphatic heterocycles. The van der Waals surface area contributed by atoms with Gasteiger partial charge in [-0.1, -0.05) is 6.42 Å². The summed E-state index contributed by atoms with van der Waals surface area (Å²) >= 11 is 0. The number of nitriles is 1. The van der Waals surface area contributed by atoms with Crippen molar-refractivity contribution in [3.8, 4) is 17.5 Å². The van der Waals surface area contributed by atoms with Gasteiger partial charge in [-0.2, -0.15) is 5.26 Å². The van der Waals surface area contributed by atoms with E-state index in [4.69, 9.17) is 14.3 Å². The van der Waals surface area contributed by atoms with Crippen molar-refractivity contribution in [3.63, 3.8) is 0 Å². The van der Waals surface area contributed by atoms with Crippen LogP contribution in [0.4, 0.5) is 0 Å². The Kier molecular flexibility index (Phi) is 11.0. The molecular formula is C24H35N4O2P. The lowest BCUT2D eigenvalue weighted by atomic mass is 10.1. The van der Waals surface area contributed by atoms with Crippen molar-refractivity contribution in [3.05, 3.63) is 47.8 Å². The van der Waals surface area contributed by atoms with Crippen LogP contribution < -0.4 is 0 Å². The number of unbranched alkanes of at least 4 members (excludes halogenated alkanes) is 2. The van der Waals surface area contributed by atoms with Crippen molar-refractivity contribution in [2.24, 2.45) is 0 Å². The number of pyridine rings is 2. The molecule has 0 fully saturated rings. The van der Waals surface area contributed by atoms with E-state index < -0.39 is 8.53 Å². The molecule has 0 saturated carbocycles. The van der Waals surface area contributed by atoms with Crippen LogP contribution in [0.3, 0.4) is 0 Å². The van der Waals surface area contributed by atoms with Crippen LogP contribution in [0, 0.1) is 18.3 Å². The van der Waals surface area contributed by atoms with Crippen LogP contribution >= 0.6 is 8.53 Å². The molecule has 0 aliphatic rings. The van der Waals surface area contributed by atoms with Crippen LogP contribution in [0.5, 0.6) is 0 Å². The normalized spacial score (nSPS) is 12.5. The summed E-state index contributed by atoms with van der Waals surface area (Å²) in [4.78, 5) is 8.91. The Labute approximate surface area is 188 Å². The van der Waals surface area contributed by atoms with E-state index in [9.17, 15) is 0 Å². The summed E-state index contributed by atoms with van der Waals surface area (Å²) < 4.78 is 14.0. The molecule has 2 aromatic heterocycles. The summed E-state index contributed by atoms with van der Waals surface area (Å²) in [6.45, 7) is 11.3. The number of hydrogen-bond acceptors (Lipinski definition) is 6. The van der Waals surface area contributed by atoms with E-state index in [1.807, 2.05) is 18.5 Å². The summed E-state index contributed by atoms with van der Waals surface area (Å²) in [5.41, 5.74) is 4.30. The number of aryl methyl sites for hydroxylation is 2. The Bertz CT molecular complexity index is 830. The van der Waals surface area contributed by atoms with Crippen LogP contribution in [-0.2, 0) is 15.5 Å². The van der Waals surface area contributed by atoms with Crippen LogP contribution in [0.2, 0.25) is 0 Å². The van der Waals surface area contributed by atoms with Gasteiger partial charge in [0.05, 0.1) is 24.1 Å². The van der Waals surface area contributed by atoms with E-state index in [2.05, 4.69) is 73.5 Å². The van der Waals surface area contributed by atoms with Crippen molar-refractivity contribution < 1.29 is 9.05 Å². The maximum absolute atomic E-state index is 8.88. The highest BCUT2D eigenvalue weighted by atomic mass is 31.2. The van der Waals surface area contributed by atoms with Crippen molar-refractivity contribution in [1.82, 2.24) is 14.6 Å². The quantitative estimate of drug-likeness (QED) is 0.277. The second-order valence-corrected chi connectivity index (χ2v) is 9.60. The molecule has 2 heterocycles. The van der Waals surface area contributed by atoms with Gasteiger partial charge in [-0.25, -0.2) is 4.67 Å². The Hall–Kier alpha value is -1.90. The van der Waals surface area contributed by atoms with Crippen molar-refractivity contribution in [2.45, 2.75) is 72.4 Å². The van der Waals surface area contributed by atoms with E-state index in [1.54, 1.807) is 0 Å². The third-order valence-electron chi connectivity index (χ3n) is 4.80. The average Bonchev–Trinajstić information content (AvgIpc) is 2.73. The van der Waals surface area contributed by atoms with Crippen molar-refractivity contribution in [2.75, 3.05) is 13.2 Å². The van der Waals surface area contributed by atoms with Crippen molar-refractivity contribution in [1.29, 1.82) is 5.26 Å². The first kappa shape index (κ1) is 25.4. The van der Waals surface area contributed by atoms with Gasteiger partial charge in [0.2, 0.25) is 0 Å². The lowest BCUT2D eigenvalue weighted by Gasteiger charge is -2.35. The minimum Gasteiger partial charge on any atom is -0.322 e. The molecule has 2 rings (SSSR count). The molecule has 2 aromatic rings. The molecule has 0 amide bonds. The van der Waals surface area contributed by atoms with Gasteiger partial charge in [0.1, 0.15) is 6.61 Å². The molecule has 0 N–H and O–H groups in total. The maximum Gasteiger partial charge on any atom is 0.260 e. The molecule has 168 valence electrons. The predicted molar refractivity (Wildman–Crippen MR) is 126 cm³/mol. The van der Waals surface area contributed by atoms with Crippen molar-refractivity contribution >= 4 is 8.53 Å². The monoisotopic (exact) mass is 442 g/mol. The molecule has 1 atom stereocenters. The molecule has 1 unspecified atom stereocenters. The van der Waals surface area contributed by atoms with Gasteiger partial charge >= 0.3 is 0 Å². The lowest BCUT2D eigenvalue weighted by Crippen LogP contribution is -2.33. The summed E-state index contributed by atoms with van der Waals surface area (Å²) in [6, 6.07) is 10.9. The van der Waals surface area contributed by atoms with Gasteiger partial charge in [-0.05, 0) is 89.3 Å². The van der Waals surface area contributed by atoms with E-state index in [0.29, 0.717) is 18.7 Å². The molecule has 0 saturated heterocycles. The summed E-state index contributed by atoms with van der Waals surface area (Å²) in [5, 5.41) is 8.88. The molecule has 0 aromatic carbocycles. The summed E-state index contributed by atoms with van der Waals surface area (Å²) in [7, 11) is -1.21. The second-order valence-electron chi connectivity index (χ2n) is 8.15. The number of aromatic nitrogens is 2. The van der Waals surface area contributed by atoms with E-state index in [1.165, 1.54) is 11.1 Å². The van der Waals surface area contributed by atoms with E-state index in [0.717, 1.165) is 37.1 Å². The largest absolute Gasteiger partial charge is 0.322 e. The van der Waals surface area contributed by atoms with Crippen LogP contribution in [0.25, 0.3) is 11.4 Å². The maximum atomic E-state index is 8.88. The predicted octanol–water partition coefficient (Wildman–Crippen LogP) is 6.07. The summed E-state index contributed by atoms with van der Waals surface area (Å²) in [6.07, 6.45) is 7.83. The van der Waals surface area contributed by atoms with Gasteiger partial charge in [0, 0.05) is 24.5 Å². The van der Waals surface area contributed by atoms with E-state index >= 15 is 0 Å². The third kappa shape index (κ3) is 8.63. The molecule has 31 heavy (non-hydrogen) atoms. The fourth-order valence-corrected chi connectivity index (χ4v) is 4.97. The first-order chi connectivity index (χ1) is 14.9. The van der Waals surface area contributed by atoms with Crippen LogP contribution in [0.1, 0.15) is 58.1 Å². The zero-order chi connectivity index (χ0) is 22.6. The Balaban J connectivity index is 1.79. The Morgan fingerprint density at radius 3 is 2.29 bits per heavy atom. The lowest BCUT2D eigenvalue weighted by molar-refractivity contribution is 0.183. The van der Waals surface area contributed by atoms with Crippen LogP contribution in [0.15, 0.2) is 36.7 Å². The molecular weight excluding hydrogens is 407 g/mol. The van der Waals surface area contributed by atoms with Crippen LogP contribution in [-0.4, -0.2) is 39.9 Å². The third-order valence-corrected chi connectivity index (χ3v) is 6.85. The topological polar surface area (TPSA) is 71.3 Å². The first-order valence-electron chi connectivity index (χ1n) is 11.0. The summed E-state index contributed by atoms with van der Waals surface area (Å²) in [5.74, 6) is 0.